The number of piperidine rings is 1. The van der Waals surface area contributed by atoms with Gasteiger partial charge in [-0.3, -0.25) is 9.88 Å². The molecule has 0 N–H and O–H groups in total. The summed E-state index contributed by atoms with van der Waals surface area (Å²) in [7, 11) is 0. The molecule has 1 atom stereocenters. The van der Waals surface area contributed by atoms with E-state index in [4.69, 9.17) is 0 Å². The summed E-state index contributed by atoms with van der Waals surface area (Å²) in [4.78, 5) is 11.6. The molecule has 22 heavy (non-hydrogen) atoms. The highest BCUT2D eigenvalue weighted by atomic mass is 15.2. The van der Waals surface area contributed by atoms with E-state index in [1.165, 1.54) is 38.1 Å². The van der Waals surface area contributed by atoms with Crippen LogP contribution < -0.4 is 0 Å². The SMILES string of the molecule is CCCCn1ccnc1[C@H]1CCCN(Cc2ccccn2)C1. The zero-order valence-electron chi connectivity index (χ0n) is 13.5. The van der Waals surface area contributed by atoms with E-state index in [0.29, 0.717) is 5.92 Å². The summed E-state index contributed by atoms with van der Waals surface area (Å²) < 4.78 is 2.36. The van der Waals surface area contributed by atoms with Gasteiger partial charge in [0.1, 0.15) is 5.82 Å². The van der Waals surface area contributed by atoms with Crippen molar-refractivity contribution >= 4 is 0 Å². The molecule has 1 saturated heterocycles. The lowest BCUT2D eigenvalue weighted by molar-refractivity contribution is 0.192. The van der Waals surface area contributed by atoms with Gasteiger partial charge in [-0.05, 0) is 37.9 Å². The Hall–Kier alpha value is -1.68. The van der Waals surface area contributed by atoms with Gasteiger partial charge in [-0.1, -0.05) is 19.4 Å². The van der Waals surface area contributed by atoms with Crippen LogP contribution in [0.25, 0.3) is 0 Å². The maximum Gasteiger partial charge on any atom is 0.113 e. The van der Waals surface area contributed by atoms with Crippen LogP contribution in [0.5, 0.6) is 0 Å². The average Bonchev–Trinajstić information content (AvgIpc) is 3.02. The van der Waals surface area contributed by atoms with Crippen molar-refractivity contribution < 1.29 is 0 Å². The Morgan fingerprint density at radius 2 is 2.18 bits per heavy atom. The van der Waals surface area contributed by atoms with E-state index in [2.05, 4.69) is 44.7 Å². The Bertz CT molecular complexity index is 563. The summed E-state index contributed by atoms with van der Waals surface area (Å²) in [6.07, 6.45) is 10.9. The van der Waals surface area contributed by atoms with Crippen molar-refractivity contribution in [3.63, 3.8) is 0 Å². The molecule has 1 aliphatic rings. The molecule has 0 spiro atoms. The third kappa shape index (κ3) is 3.74. The fourth-order valence-corrected chi connectivity index (χ4v) is 3.33. The molecule has 0 radical (unpaired) electrons. The summed E-state index contributed by atoms with van der Waals surface area (Å²) in [5, 5.41) is 0. The second kappa shape index (κ2) is 7.54. The smallest absolute Gasteiger partial charge is 0.113 e. The van der Waals surface area contributed by atoms with Crippen LogP contribution in [-0.4, -0.2) is 32.5 Å². The molecule has 0 unspecified atom stereocenters. The van der Waals surface area contributed by atoms with Crippen LogP contribution in [0, 0.1) is 0 Å². The van der Waals surface area contributed by atoms with Crippen molar-refractivity contribution in [1.82, 2.24) is 19.4 Å². The maximum absolute atomic E-state index is 4.65. The van der Waals surface area contributed by atoms with E-state index in [9.17, 15) is 0 Å². The molecule has 0 aliphatic carbocycles. The lowest BCUT2D eigenvalue weighted by Gasteiger charge is -2.32. The molecule has 0 aromatic carbocycles. The van der Waals surface area contributed by atoms with Crippen LogP contribution in [0.1, 0.15) is 50.0 Å². The first-order chi connectivity index (χ1) is 10.9. The fraction of sp³-hybridized carbons (Fsp3) is 0.556. The van der Waals surface area contributed by atoms with E-state index in [1.807, 2.05) is 18.5 Å². The Morgan fingerprint density at radius 1 is 1.23 bits per heavy atom. The van der Waals surface area contributed by atoms with Crippen molar-refractivity contribution in [2.75, 3.05) is 13.1 Å². The first-order valence-electron chi connectivity index (χ1n) is 8.50. The Labute approximate surface area is 133 Å². The predicted octanol–water partition coefficient (Wildman–Crippen LogP) is 3.46. The molecule has 1 aliphatic heterocycles. The van der Waals surface area contributed by atoms with Crippen LogP contribution >= 0.6 is 0 Å². The normalized spacial score (nSPS) is 19.4. The van der Waals surface area contributed by atoms with E-state index < -0.39 is 0 Å². The van der Waals surface area contributed by atoms with Gasteiger partial charge in [0, 0.05) is 44.1 Å². The second-order valence-corrected chi connectivity index (χ2v) is 6.23. The number of aromatic nitrogens is 3. The molecule has 0 saturated carbocycles. The third-order valence-electron chi connectivity index (χ3n) is 4.48. The second-order valence-electron chi connectivity index (χ2n) is 6.23. The number of nitrogens with zero attached hydrogens (tertiary/aromatic N) is 4. The molecule has 1 fully saturated rings. The fourth-order valence-electron chi connectivity index (χ4n) is 3.33. The van der Waals surface area contributed by atoms with Gasteiger partial charge in [-0.2, -0.15) is 0 Å². The predicted molar refractivity (Wildman–Crippen MR) is 88.6 cm³/mol. The highest BCUT2D eigenvalue weighted by Crippen LogP contribution is 2.26. The molecule has 3 rings (SSSR count). The molecule has 118 valence electrons. The molecule has 4 nitrogen and oxygen atoms in total. The number of imidazole rings is 1. The van der Waals surface area contributed by atoms with Crippen LogP contribution in [-0.2, 0) is 13.1 Å². The summed E-state index contributed by atoms with van der Waals surface area (Å²) in [6.45, 7) is 6.56. The van der Waals surface area contributed by atoms with Crippen molar-refractivity contribution in [3.05, 3.63) is 48.3 Å². The zero-order valence-corrected chi connectivity index (χ0v) is 13.5. The largest absolute Gasteiger partial charge is 0.335 e. The van der Waals surface area contributed by atoms with Crippen molar-refractivity contribution in [2.24, 2.45) is 0 Å². The van der Waals surface area contributed by atoms with Crippen molar-refractivity contribution in [2.45, 2.75) is 51.6 Å². The molecule has 3 heterocycles. The third-order valence-corrected chi connectivity index (χ3v) is 4.48. The molecule has 4 heteroatoms. The quantitative estimate of drug-likeness (QED) is 0.819. The highest BCUT2D eigenvalue weighted by Gasteiger charge is 2.24. The number of hydrogen-bond donors (Lipinski definition) is 0. The maximum atomic E-state index is 4.65. The first-order valence-corrected chi connectivity index (χ1v) is 8.50. The Kier molecular flexibility index (Phi) is 5.22. The monoisotopic (exact) mass is 298 g/mol. The van der Waals surface area contributed by atoms with E-state index in [-0.39, 0.29) is 0 Å². The Morgan fingerprint density at radius 3 is 3.00 bits per heavy atom. The molecule has 0 amide bonds. The van der Waals surface area contributed by atoms with Crippen LogP contribution in [0.3, 0.4) is 0 Å². The number of hydrogen-bond acceptors (Lipinski definition) is 3. The lowest BCUT2D eigenvalue weighted by atomic mass is 9.97. The molecule has 2 aromatic heterocycles. The van der Waals surface area contributed by atoms with E-state index in [1.54, 1.807) is 0 Å². The standard InChI is InChI=1S/C18H26N4/c1-2-3-12-22-13-10-20-18(22)16-7-6-11-21(14-16)15-17-8-4-5-9-19-17/h4-5,8-10,13,16H,2-3,6-7,11-12,14-15H2,1H3/t16-/m0/s1. The van der Waals surface area contributed by atoms with Gasteiger partial charge in [-0.25, -0.2) is 4.98 Å². The van der Waals surface area contributed by atoms with Gasteiger partial charge < -0.3 is 4.57 Å². The highest BCUT2D eigenvalue weighted by molar-refractivity contribution is 5.06. The van der Waals surface area contributed by atoms with Gasteiger partial charge in [0.25, 0.3) is 0 Å². The van der Waals surface area contributed by atoms with E-state index in [0.717, 1.165) is 25.3 Å². The Balaban J connectivity index is 1.64. The summed E-state index contributed by atoms with van der Waals surface area (Å²) in [5.41, 5.74) is 1.16. The van der Waals surface area contributed by atoms with Gasteiger partial charge in [0.15, 0.2) is 0 Å². The van der Waals surface area contributed by atoms with Crippen LogP contribution in [0.15, 0.2) is 36.8 Å². The molecule has 2 aromatic rings. The minimum Gasteiger partial charge on any atom is -0.335 e. The molecule has 0 bridgehead atoms. The van der Waals surface area contributed by atoms with E-state index >= 15 is 0 Å². The zero-order chi connectivity index (χ0) is 15.2. The molecular formula is C18H26N4. The van der Waals surface area contributed by atoms with Gasteiger partial charge in [-0.15, -0.1) is 0 Å². The number of unbranched alkanes of at least 4 members (excludes halogenated alkanes) is 1. The van der Waals surface area contributed by atoms with Gasteiger partial charge in [0.2, 0.25) is 0 Å². The van der Waals surface area contributed by atoms with Crippen molar-refractivity contribution in [3.8, 4) is 0 Å². The number of pyridine rings is 1. The van der Waals surface area contributed by atoms with Crippen molar-refractivity contribution in [1.29, 1.82) is 0 Å². The topological polar surface area (TPSA) is 34.0 Å². The lowest BCUT2D eigenvalue weighted by Crippen LogP contribution is -2.35. The molecular weight excluding hydrogens is 272 g/mol. The van der Waals surface area contributed by atoms with Gasteiger partial charge >= 0.3 is 0 Å². The number of likely N-dealkylation sites (tertiary alicyclic amines) is 1. The average molecular weight is 298 g/mol. The minimum atomic E-state index is 0.560. The van der Waals surface area contributed by atoms with Crippen LogP contribution in [0.2, 0.25) is 0 Å². The summed E-state index contributed by atoms with van der Waals surface area (Å²) >= 11 is 0. The summed E-state index contributed by atoms with van der Waals surface area (Å²) in [6, 6.07) is 6.17. The van der Waals surface area contributed by atoms with Crippen LogP contribution in [0.4, 0.5) is 0 Å². The van der Waals surface area contributed by atoms with Gasteiger partial charge in [0.05, 0.1) is 5.69 Å². The number of rotatable bonds is 6. The summed E-state index contributed by atoms with van der Waals surface area (Å²) in [5.74, 6) is 1.84. The first kappa shape index (κ1) is 15.2. The minimum absolute atomic E-state index is 0.560. The number of aryl methyl sites for hydroxylation is 1.